The Labute approximate surface area is 106 Å². The van der Waals surface area contributed by atoms with E-state index in [1.165, 1.54) is 19.4 Å². The van der Waals surface area contributed by atoms with Crippen LogP contribution >= 0.6 is 0 Å². The molecular weight excluding hydrogens is 214 g/mol. The molecule has 3 nitrogen and oxygen atoms in total. The molecule has 3 heteroatoms. The quantitative estimate of drug-likeness (QED) is 0.664. The second kappa shape index (κ2) is 8.06. The van der Waals surface area contributed by atoms with E-state index in [9.17, 15) is 5.11 Å². The lowest BCUT2D eigenvalue weighted by atomic mass is 10.1. The first-order chi connectivity index (χ1) is 8.09. The summed E-state index contributed by atoms with van der Waals surface area (Å²) < 4.78 is 5.66. The number of rotatable bonds is 8. The van der Waals surface area contributed by atoms with Crippen LogP contribution in [0.3, 0.4) is 0 Å². The minimum Gasteiger partial charge on any atom is -0.393 e. The minimum atomic E-state index is -0.178. The maximum Gasteiger partial charge on any atom is 0.0593 e. The number of ether oxygens (including phenoxy) is 1. The van der Waals surface area contributed by atoms with E-state index >= 15 is 0 Å². The van der Waals surface area contributed by atoms with Gasteiger partial charge in [-0.3, -0.25) is 4.90 Å². The van der Waals surface area contributed by atoms with E-state index in [1.807, 2.05) is 6.92 Å². The minimum absolute atomic E-state index is 0.178. The summed E-state index contributed by atoms with van der Waals surface area (Å²) in [6.45, 7) is 10.2. The van der Waals surface area contributed by atoms with Gasteiger partial charge >= 0.3 is 0 Å². The Bertz CT molecular complexity index is 195. The van der Waals surface area contributed by atoms with Crippen molar-refractivity contribution in [1.29, 1.82) is 0 Å². The molecule has 2 unspecified atom stereocenters. The Hall–Kier alpha value is -0.120. The molecule has 0 radical (unpaired) electrons. The maximum atomic E-state index is 9.44. The number of hydrogen-bond acceptors (Lipinski definition) is 3. The SMILES string of the molecule is CC(C)CCOCCN1CCCC1CC(C)O. The van der Waals surface area contributed by atoms with Gasteiger partial charge in [0.15, 0.2) is 0 Å². The second-order valence-electron chi connectivity index (χ2n) is 5.71. The van der Waals surface area contributed by atoms with Crippen LogP contribution in [0, 0.1) is 5.92 Å². The molecule has 2 atom stereocenters. The molecule has 17 heavy (non-hydrogen) atoms. The van der Waals surface area contributed by atoms with Crippen LogP contribution in [0.25, 0.3) is 0 Å². The Morgan fingerprint density at radius 3 is 2.71 bits per heavy atom. The molecule has 1 fully saturated rings. The molecule has 1 saturated heterocycles. The van der Waals surface area contributed by atoms with E-state index in [4.69, 9.17) is 4.74 Å². The lowest BCUT2D eigenvalue weighted by molar-refractivity contribution is 0.0792. The Morgan fingerprint density at radius 2 is 2.06 bits per heavy atom. The third-order valence-electron chi connectivity index (χ3n) is 3.47. The summed E-state index contributed by atoms with van der Waals surface area (Å²) in [5, 5.41) is 9.44. The summed E-state index contributed by atoms with van der Waals surface area (Å²) in [6.07, 6.45) is 4.38. The van der Waals surface area contributed by atoms with Gasteiger partial charge in [-0.2, -0.15) is 0 Å². The molecule has 1 aliphatic heterocycles. The number of nitrogens with zero attached hydrogens (tertiary/aromatic N) is 1. The first-order valence-electron chi connectivity index (χ1n) is 7.09. The summed E-state index contributed by atoms with van der Waals surface area (Å²) in [5.74, 6) is 0.727. The molecular formula is C14H29NO2. The molecule has 1 aliphatic rings. The van der Waals surface area contributed by atoms with Crippen molar-refractivity contribution in [2.24, 2.45) is 5.92 Å². The highest BCUT2D eigenvalue weighted by Gasteiger charge is 2.24. The molecule has 1 N–H and O–H groups in total. The van der Waals surface area contributed by atoms with Gasteiger partial charge in [-0.1, -0.05) is 13.8 Å². The monoisotopic (exact) mass is 243 g/mol. The van der Waals surface area contributed by atoms with Crippen molar-refractivity contribution in [1.82, 2.24) is 4.90 Å². The maximum absolute atomic E-state index is 9.44. The van der Waals surface area contributed by atoms with E-state index in [0.29, 0.717) is 6.04 Å². The van der Waals surface area contributed by atoms with Crippen LogP contribution in [0.4, 0.5) is 0 Å². The zero-order valence-corrected chi connectivity index (χ0v) is 11.7. The summed E-state index contributed by atoms with van der Waals surface area (Å²) in [5.41, 5.74) is 0. The zero-order chi connectivity index (χ0) is 12.7. The van der Waals surface area contributed by atoms with Crippen LogP contribution in [-0.4, -0.2) is 48.5 Å². The molecule has 0 aliphatic carbocycles. The molecule has 0 aromatic heterocycles. The van der Waals surface area contributed by atoms with Crippen LogP contribution < -0.4 is 0 Å². The van der Waals surface area contributed by atoms with Crippen LogP contribution in [-0.2, 0) is 4.74 Å². The van der Waals surface area contributed by atoms with Gasteiger partial charge < -0.3 is 9.84 Å². The van der Waals surface area contributed by atoms with Crippen molar-refractivity contribution in [3.05, 3.63) is 0 Å². The number of likely N-dealkylation sites (tertiary alicyclic amines) is 1. The predicted octanol–water partition coefficient (Wildman–Crippen LogP) is 2.28. The third kappa shape index (κ3) is 6.39. The molecule has 1 heterocycles. The van der Waals surface area contributed by atoms with Crippen molar-refractivity contribution < 1.29 is 9.84 Å². The number of hydrogen-bond donors (Lipinski definition) is 1. The average molecular weight is 243 g/mol. The summed E-state index contributed by atoms with van der Waals surface area (Å²) in [6, 6.07) is 0.573. The van der Waals surface area contributed by atoms with E-state index in [1.54, 1.807) is 0 Å². The fraction of sp³-hybridized carbons (Fsp3) is 1.00. The van der Waals surface area contributed by atoms with Gasteiger partial charge in [0.25, 0.3) is 0 Å². The van der Waals surface area contributed by atoms with Gasteiger partial charge in [-0.05, 0) is 45.1 Å². The molecule has 0 aromatic carbocycles. The highest BCUT2D eigenvalue weighted by atomic mass is 16.5. The van der Waals surface area contributed by atoms with Crippen LogP contribution in [0.1, 0.15) is 46.5 Å². The van der Waals surface area contributed by atoms with E-state index in [2.05, 4.69) is 18.7 Å². The summed E-state index contributed by atoms with van der Waals surface area (Å²) >= 11 is 0. The second-order valence-corrected chi connectivity index (χ2v) is 5.71. The first kappa shape index (κ1) is 14.9. The standard InChI is InChI=1S/C14H29NO2/c1-12(2)6-9-17-10-8-15-7-4-5-14(15)11-13(3)16/h12-14,16H,4-11H2,1-3H3. The highest BCUT2D eigenvalue weighted by Crippen LogP contribution is 2.20. The number of aliphatic hydroxyl groups is 1. The Kier molecular flexibility index (Phi) is 7.09. The van der Waals surface area contributed by atoms with Gasteiger partial charge in [-0.25, -0.2) is 0 Å². The lowest BCUT2D eigenvalue weighted by Crippen LogP contribution is -2.34. The van der Waals surface area contributed by atoms with Gasteiger partial charge in [0.1, 0.15) is 0 Å². The normalized spacial score (nSPS) is 23.5. The molecule has 0 spiro atoms. The largest absolute Gasteiger partial charge is 0.393 e. The smallest absolute Gasteiger partial charge is 0.0593 e. The van der Waals surface area contributed by atoms with E-state index in [-0.39, 0.29) is 6.10 Å². The summed E-state index contributed by atoms with van der Waals surface area (Å²) in [7, 11) is 0. The summed E-state index contributed by atoms with van der Waals surface area (Å²) in [4.78, 5) is 2.47. The van der Waals surface area contributed by atoms with Crippen molar-refractivity contribution in [2.75, 3.05) is 26.3 Å². The van der Waals surface area contributed by atoms with Crippen molar-refractivity contribution >= 4 is 0 Å². The fourth-order valence-electron chi connectivity index (χ4n) is 2.45. The zero-order valence-electron chi connectivity index (χ0n) is 11.7. The average Bonchev–Trinajstić information content (AvgIpc) is 2.64. The molecule has 0 bridgehead atoms. The van der Waals surface area contributed by atoms with Crippen molar-refractivity contribution in [3.8, 4) is 0 Å². The van der Waals surface area contributed by atoms with Crippen molar-refractivity contribution in [3.63, 3.8) is 0 Å². The van der Waals surface area contributed by atoms with E-state index < -0.39 is 0 Å². The topological polar surface area (TPSA) is 32.7 Å². The van der Waals surface area contributed by atoms with Crippen molar-refractivity contribution in [2.45, 2.75) is 58.6 Å². The Balaban J connectivity index is 2.09. The highest BCUT2D eigenvalue weighted by molar-refractivity contribution is 4.80. The van der Waals surface area contributed by atoms with Gasteiger partial charge in [0.05, 0.1) is 12.7 Å². The van der Waals surface area contributed by atoms with Crippen LogP contribution in [0.15, 0.2) is 0 Å². The Morgan fingerprint density at radius 1 is 1.29 bits per heavy atom. The van der Waals surface area contributed by atoms with E-state index in [0.717, 1.165) is 38.5 Å². The van der Waals surface area contributed by atoms with Gasteiger partial charge in [-0.15, -0.1) is 0 Å². The van der Waals surface area contributed by atoms with Crippen LogP contribution in [0.2, 0.25) is 0 Å². The molecule has 0 saturated carbocycles. The van der Waals surface area contributed by atoms with Gasteiger partial charge in [0.2, 0.25) is 0 Å². The molecule has 1 rings (SSSR count). The third-order valence-corrected chi connectivity index (χ3v) is 3.47. The van der Waals surface area contributed by atoms with Crippen LogP contribution in [0.5, 0.6) is 0 Å². The molecule has 102 valence electrons. The fourth-order valence-corrected chi connectivity index (χ4v) is 2.45. The van der Waals surface area contributed by atoms with Gasteiger partial charge in [0, 0.05) is 19.2 Å². The number of aliphatic hydroxyl groups excluding tert-OH is 1. The molecule has 0 aromatic rings. The molecule has 0 amide bonds. The predicted molar refractivity (Wildman–Crippen MR) is 71.2 cm³/mol. The lowest BCUT2D eigenvalue weighted by Gasteiger charge is -2.25. The first-order valence-corrected chi connectivity index (χ1v) is 7.09.